The lowest BCUT2D eigenvalue weighted by Gasteiger charge is -2.09. The second-order valence-electron chi connectivity index (χ2n) is 12.4. The first kappa shape index (κ1) is 29.9. The Kier molecular flexibility index (Phi) is 7.46. The molecule has 0 saturated carbocycles. The van der Waals surface area contributed by atoms with E-state index < -0.39 is 0 Å². The molecule has 9 rings (SSSR count). The monoisotopic (exact) mass is 652 g/mol. The minimum atomic E-state index is 0.564. The average molecular weight is 653 g/mol. The van der Waals surface area contributed by atoms with Gasteiger partial charge in [0, 0.05) is 27.5 Å². The van der Waals surface area contributed by atoms with Crippen molar-refractivity contribution in [3.8, 4) is 73.6 Å². The van der Waals surface area contributed by atoms with Gasteiger partial charge in [-0.05, 0) is 63.7 Å². The largest absolute Gasteiger partial charge is 0.456 e. The fraction of sp³-hybridized carbons (Fsp3) is 0. The van der Waals surface area contributed by atoms with E-state index in [1.807, 2.05) is 91.0 Å². The van der Waals surface area contributed by atoms with Crippen LogP contribution < -0.4 is 0 Å². The standard InChI is InChI=1S/C46H28N4O/c47-29-30-14-16-32(17-15-30)34-20-24-37(25-21-34)45-48-44(36-10-5-2-6-11-36)49-46(50-45)38-26-27-40-42(28-38)51-41-13-7-12-39(43(40)41)35-22-18-33(19-23-35)31-8-3-1-4-9-31/h1-28H. The first-order valence-electron chi connectivity index (χ1n) is 16.7. The van der Waals surface area contributed by atoms with Gasteiger partial charge in [0.25, 0.3) is 0 Å². The zero-order chi connectivity index (χ0) is 34.1. The first-order chi connectivity index (χ1) is 25.2. The normalized spacial score (nSPS) is 11.1. The Morgan fingerprint density at radius 2 is 0.863 bits per heavy atom. The molecule has 238 valence electrons. The number of aromatic nitrogens is 3. The lowest BCUT2D eigenvalue weighted by molar-refractivity contribution is 0.669. The molecule has 7 aromatic carbocycles. The van der Waals surface area contributed by atoms with Crippen LogP contribution in [0.15, 0.2) is 174 Å². The van der Waals surface area contributed by atoms with Crippen LogP contribution in [-0.4, -0.2) is 15.0 Å². The molecule has 2 heterocycles. The van der Waals surface area contributed by atoms with Gasteiger partial charge >= 0.3 is 0 Å². The van der Waals surface area contributed by atoms with Gasteiger partial charge in [0.2, 0.25) is 0 Å². The summed E-state index contributed by atoms with van der Waals surface area (Å²) in [5.41, 5.74) is 11.6. The second kappa shape index (κ2) is 12.7. The Labute approximate surface area is 294 Å². The van der Waals surface area contributed by atoms with Crippen molar-refractivity contribution >= 4 is 21.9 Å². The minimum absolute atomic E-state index is 0.564. The molecule has 0 amide bonds. The maximum absolute atomic E-state index is 9.17. The number of fused-ring (bicyclic) bond motifs is 3. The molecule has 0 aliphatic rings. The third-order valence-corrected chi connectivity index (χ3v) is 9.22. The number of hydrogen-bond donors (Lipinski definition) is 0. The summed E-state index contributed by atoms with van der Waals surface area (Å²) >= 11 is 0. The maximum atomic E-state index is 9.17. The molecule has 2 aromatic heterocycles. The van der Waals surface area contributed by atoms with Gasteiger partial charge in [-0.2, -0.15) is 5.26 Å². The van der Waals surface area contributed by atoms with Gasteiger partial charge in [-0.3, -0.25) is 0 Å². The Bertz CT molecular complexity index is 2710. The summed E-state index contributed by atoms with van der Waals surface area (Å²) in [6.45, 7) is 0. The molecule has 51 heavy (non-hydrogen) atoms. The molecule has 0 spiro atoms. The number of hydrogen-bond acceptors (Lipinski definition) is 5. The van der Waals surface area contributed by atoms with Crippen molar-refractivity contribution in [2.45, 2.75) is 0 Å². The maximum Gasteiger partial charge on any atom is 0.164 e. The van der Waals surface area contributed by atoms with Crippen LogP contribution in [0.1, 0.15) is 5.56 Å². The van der Waals surface area contributed by atoms with E-state index in [0.717, 1.165) is 60.9 Å². The van der Waals surface area contributed by atoms with Crippen molar-refractivity contribution in [1.29, 1.82) is 5.26 Å². The van der Waals surface area contributed by atoms with Gasteiger partial charge in [-0.1, -0.05) is 140 Å². The van der Waals surface area contributed by atoms with Crippen molar-refractivity contribution in [3.05, 3.63) is 175 Å². The Hall–Kier alpha value is -7.16. The van der Waals surface area contributed by atoms with Crippen molar-refractivity contribution in [1.82, 2.24) is 15.0 Å². The predicted octanol–water partition coefficient (Wildman–Crippen LogP) is 11.6. The molecule has 5 nitrogen and oxygen atoms in total. The van der Waals surface area contributed by atoms with E-state index in [1.54, 1.807) is 0 Å². The van der Waals surface area contributed by atoms with Crippen molar-refractivity contribution in [3.63, 3.8) is 0 Å². The number of nitrogens with zero attached hydrogens (tertiary/aromatic N) is 4. The fourth-order valence-electron chi connectivity index (χ4n) is 6.58. The quantitative estimate of drug-likeness (QED) is 0.179. The van der Waals surface area contributed by atoms with Crippen LogP contribution in [0.2, 0.25) is 0 Å². The minimum Gasteiger partial charge on any atom is -0.456 e. The first-order valence-corrected chi connectivity index (χ1v) is 16.7. The summed E-state index contributed by atoms with van der Waals surface area (Å²) in [5.74, 6) is 1.74. The van der Waals surface area contributed by atoms with E-state index in [0.29, 0.717) is 23.0 Å². The molecule has 0 unspecified atom stereocenters. The zero-order valence-electron chi connectivity index (χ0n) is 27.4. The predicted molar refractivity (Wildman–Crippen MR) is 204 cm³/mol. The van der Waals surface area contributed by atoms with Crippen LogP contribution in [0, 0.1) is 11.3 Å². The van der Waals surface area contributed by atoms with Gasteiger partial charge in [-0.15, -0.1) is 0 Å². The van der Waals surface area contributed by atoms with Gasteiger partial charge in [0.15, 0.2) is 17.5 Å². The van der Waals surface area contributed by atoms with Gasteiger partial charge in [-0.25, -0.2) is 15.0 Å². The third-order valence-electron chi connectivity index (χ3n) is 9.22. The highest BCUT2D eigenvalue weighted by Gasteiger charge is 2.17. The van der Waals surface area contributed by atoms with E-state index in [4.69, 9.17) is 19.4 Å². The summed E-state index contributed by atoms with van der Waals surface area (Å²) in [4.78, 5) is 14.8. The van der Waals surface area contributed by atoms with Crippen LogP contribution >= 0.6 is 0 Å². The highest BCUT2D eigenvalue weighted by molar-refractivity contribution is 6.13. The molecule has 0 aliphatic carbocycles. The van der Waals surface area contributed by atoms with Crippen LogP contribution in [-0.2, 0) is 0 Å². The Balaban J connectivity index is 1.11. The molecule has 0 atom stereocenters. The molecule has 0 aliphatic heterocycles. The van der Waals surface area contributed by atoms with Crippen molar-refractivity contribution in [2.75, 3.05) is 0 Å². The number of benzene rings is 7. The van der Waals surface area contributed by atoms with E-state index >= 15 is 0 Å². The van der Waals surface area contributed by atoms with E-state index in [2.05, 4.69) is 84.9 Å². The molecule has 0 fully saturated rings. The smallest absolute Gasteiger partial charge is 0.164 e. The van der Waals surface area contributed by atoms with Crippen LogP contribution in [0.25, 0.3) is 89.5 Å². The van der Waals surface area contributed by atoms with Crippen LogP contribution in [0.4, 0.5) is 0 Å². The summed E-state index contributed by atoms with van der Waals surface area (Å²) in [6, 6.07) is 59.4. The highest BCUT2D eigenvalue weighted by Crippen LogP contribution is 2.39. The average Bonchev–Trinajstić information content (AvgIpc) is 3.60. The van der Waals surface area contributed by atoms with E-state index in [-0.39, 0.29) is 0 Å². The highest BCUT2D eigenvalue weighted by atomic mass is 16.3. The molecule has 0 radical (unpaired) electrons. The van der Waals surface area contributed by atoms with E-state index in [1.165, 1.54) is 11.1 Å². The van der Waals surface area contributed by atoms with Gasteiger partial charge in [0.1, 0.15) is 11.2 Å². The SMILES string of the molecule is N#Cc1ccc(-c2ccc(-c3nc(-c4ccccc4)nc(-c4ccc5c(c4)oc4cccc(-c6ccc(-c7ccccc7)cc6)c45)n3)cc2)cc1. The Morgan fingerprint density at radius 1 is 0.392 bits per heavy atom. The fourth-order valence-corrected chi connectivity index (χ4v) is 6.58. The van der Waals surface area contributed by atoms with Gasteiger partial charge < -0.3 is 4.42 Å². The number of nitriles is 1. The molecule has 9 aromatic rings. The molecule has 0 bridgehead atoms. The number of rotatable bonds is 6. The van der Waals surface area contributed by atoms with Crippen molar-refractivity contribution in [2.24, 2.45) is 0 Å². The summed E-state index contributed by atoms with van der Waals surface area (Å²) in [7, 11) is 0. The lowest BCUT2D eigenvalue weighted by atomic mass is 9.96. The molecule has 5 heteroatoms. The van der Waals surface area contributed by atoms with E-state index in [9.17, 15) is 5.26 Å². The lowest BCUT2D eigenvalue weighted by Crippen LogP contribution is -2.00. The second-order valence-corrected chi connectivity index (χ2v) is 12.4. The van der Waals surface area contributed by atoms with Crippen LogP contribution in [0.3, 0.4) is 0 Å². The topological polar surface area (TPSA) is 75.6 Å². The zero-order valence-corrected chi connectivity index (χ0v) is 27.4. The summed E-state index contributed by atoms with van der Waals surface area (Å²) in [5, 5.41) is 11.3. The molecule has 0 N–H and O–H groups in total. The third kappa shape index (κ3) is 5.71. The molecular formula is C46H28N4O. The number of furan rings is 1. The molecule has 0 saturated heterocycles. The van der Waals surface area contributed by atoms with Crippen LogP contribution in [0.5, 0.6) is 0 Å². The summed E-state index contributed by atoms with van der Waals surface area (Å²) in [6.07, 6.45) is 0. The molecular weight excluding hydrogens is 625 g/mol. The Morgan fingerprint density at radius 3 is 1.47 bits per heavy atom. The van der Waals surface area contributed by atoms with Crippen molar-refractivity contribution < 1.29 is 4.42 Å². The summed E-state index contributed by atoms with van der Waals surface area (Å²) < 4.78 is 6.48. The van der Waals surface area contributed by atoms with Gasteiger partial charge in [0.05, 0.1) is 11.6 Å².